The lowest BCUT2D eigenvalue weighted by Gasteiger charge is -2.18. The van der Waals surface area contributed by atoms with Crippen LogP contribution >= 0.6 is 0 Å². The summed E-state index contributed by atoms with van der Waals surface area (Å²) >= 11 is 0. The fourth-order valence-electron chi connectivity index (χ4n) is 1.43. The lowest BCUT2D eigenvalue weighted by atomic mass is 10.2. The molecule has 1 aliphatic heterocycles. The van der Waals surface area contributed by atoms with Crippen LogP contribution in [-0.4, -0.2) is 44.9 Å². The average Bonchev–Trinajstić information content (AvgIpc) is 2.52. The Hall–Kier alpha value is -0.810. The topological polar surface area (TPSA) is 62.4 Å². The number of urea groups is 1. The predicted molar refractivity (Wildman–Crippen MR) is 49.7 cm³/mol. The summed E-state index contributed by atoms with van der Waals surface area (Å²) < 4.78 is 5.20. The van der Waals surface area contributed by atoms with Crippen LogP contribution in [0, 0.1) is 0 Å². The van der Waals surface area contributed by atoms with Gasteiger partial charge in [-0.05, 0) is 6.92 Å². The van der Waals surface area contributed by atoms with Gasteiger partial charge in [-0.3, -0.25) is 0 Å². The molecule has 0 bridgehead atoms. The molecule has 0 aromatic carbocycles. The molecule has 1 heterocycles. The highest BCUT2D eigenvalue weighted by molar-refractivity contribution is 5.74. The van der Waals surface area contributed by atoms with E-state index < -0.39 is 0 Å². The molecule has 1 aliphatic rings. The van der Waals surface area contributed by atoms with Crippen molar-refractivity contribution in [3.63, 3.8) is 0 Å². The number of rotatable bonds is 3. The third-order valence-electron chi connectivity index (χ3n) is 2.12. The van der Waals surface area contributed by atoms with Crippen LogP contribution in [0.5, 0.6) is 0 Å². The smallest absolute Gasteiger partial charge is 0.315 e. The largest absolute Gasteiger partial charge is 0.378 e. The van der Waals surface area contributed by atoms with Gasteiger partial charge in [-0.1, -0.05) is 0 Å². The van der Waals surface area contributed by atoms with Crippen LogP contribution in [0.15, 0.2) is 0 Å². The zero-order chi connectivity index (χ0) is 9.68. The quantitative estimate of drug-likeness (QED) is 0.547. The number of carbonyl (C=O) groups is 1. The fraction of sp³-hybridized carbons (Fsp3) is 0.875. The summed E-state index contributed by atoms with van der Waals surface area (Å²) in [6, 6.07) is -0.0465. The maximum atomic E-state index is 11.2. The van der Waals surface area contributed by atoms with Crippen molar-refractivity contribution in [2.24, 2.45) is 0 Å². The number of hydrogen-bond donors (Lipinski definition) is 3. The lowest BCUT2D eigenvalue weighted by molar-refractivity contribution is 0.0984. The standard InChI is InChI=1S/C8H17N3O2/c1-3-10-8(12)11-6-4-9-5-7(6)13-2/h6-7,9H,3-5H2,1-2H3,(H2,10,11,12)/t6-,7-/m0/s1. The van der Waals surface area contributed by atoms with Gasteiger partial charge in [0.1, 0.15) is 0 Å². The van der Waals surface area contributed by atoms with Gasteiger partial charge in [-0.15, -0.1) is 0 Å². The van der Waals surface area contributed by atoms with Gasteiger partial charge in [0.25, 0.3) is 0 Å². The van der Waals surface area contributed by atoms with E-state index in [-0.39, 0.29) is 18.2 Å². The van der Waals surface area contributed by atoms with Crippen LogP contribution in [-0.2, 0) is 4.74 Å². The summed E-state index contributed by atoms with van der Waals surface area (Å²) in [4.78, 5) is 11.2. The molecule has 3 N–H and O–H groups in total. The van der Waals surface area contributed by atoms with Gasteiger partial charge in [0.15, 0.2) is 0 Å². The second-order valence-corrected chi connectivity index (χ2v) is 3.04. The van der Waals surface area contributed by atoms with Crippen LogP contribution in [0.25, 0.3) is 0 Å². The van der Waals surface area contributed by atoms with E-state index in [1.165, 1.54) is 0 Å². The van der Waals surface area contributed by atoms with E-state index in [1.54, 1.807) is 7.11 Å². The van der Waals surface area contributed by atoms with E-state index in [9.17, 15) is 4.79 Å². The Balaban J connectivity index is 2.30. The maximum absolute atomic E-state index is 11.2. The molecule has 0 aliphatic carbocycles. The van der Waals surface area contributed by atoms with Gasteiger partial charge < -0.3 is 20.7 Å². The average molecular weight is 187 g/mol. The summed E-state index contributed by atoms with van der Waals surface area (Å²) in [7, 11) is 1.66. The van der Waals surface area contributed by atoms with Crippen molar-refractivity contribution in [2.75, 3.05) is 26.7 Å². The van der Waals surface area contributed by atoms with Crippen molar-refractivity contribution in [3.05, 3.63) is 0 Å². The number of ether oxygens (including phenoxy) is 1. The summed E-state index contributed by atoms with van der Waals surface area (Å²) in [5.74, 6) is 0. The predicted octanol–water partition coefficient (Wildman–Crippen LogP) is -0.708. The lowest BCUT2D eigenvalue weighted by Crippen LogP contribution is -2.47. The van der Waals surface area contributed by atoms with Crippen LogP contribution in [0.3, 0.4) is 0 Å². The molecule has 5 heteroatoms. The zero-order valence-electron chi connectivity index (χ0n) is 8.09. The summed E-state index contributed by atoms with van der Waals surface area (Å²) in [5, 5.41) is 8.68. The first kappa shape index (κ1) is 10.3. The van der Waals surface area contributed by atoms with Gasteiger partial charge in [0, 0.05) is 26.7 Å². The normalized spacial score (nSPS) is 27.2. The van der Waals surface area contributed by atoms with Gasteiger partial charge in [-0.25, -0.2) is 4.79 Å². The Labute approximate surface area is 78.2 Å². The molecule has 0 radical (unpaired) electrons. The Morgan fingerprint density at radius 2 is 2.38 bits per heavy atom. The van der Waals surface area contributed by atoms with Gasteiger partial charge in [0.2, 0.25) is 0 Å². The van der Waals surface area contributed by atoms with E-state index in [4.69, 9.17) is 4.74 Å². The van der Waals surface area contributed by atoms with Gasteiger partial charge in [-0.2, -0.15) is 0 Å². The molecule has 1 fully saturated rings. The van der Waals surface area contributed by atoms with Crippen molar-refractivity contribution in [1.82, 2.24) is 16.0 Å². The third kappa shape index (κ3) is 2.86. The Morgan fingerprint density at radius 1 is 1.62 bits per heavy atom. The van der Waals surface area contributed by atoms with Crippen molar-refractivity contribution in [2.45, 2.75) is 19.1 Å². The number of nitrogens with one attached hydrogen (secondary N) is 3. The first-order chi connectivity index (χ1) is 6.27. The van der Waals surface area contributed by atoms with Crippen LogP contribution in [0.2, 0.25) is 0 Å². The fourth-order valence-corrected chi connectivity index (χ4v) is 1.43. The van der Waals surface area contributed by atoms with Crippen molar-refractivity contribution in [3.8, 4) is 0 Å². The summed E-state index contributed by atoms with van der Waals surface area (Å²) in [6.07, 6.45) is 0.0857. The SMILES string of the molecule is CCNC(=O)N[C@H]1CNC[C@@H]1OC. The Kier molecular flexibility index (Phi) is 3.98. The first-order valence-electron chi connectivity index (χ1n) is 4.55. The minimum atomic E-state index is -0.127. The van der Waals surface area contributed by atoms with E-state index in [0.29, 0.717) is 6.54 Å². The van der Waals surface area contributed by atoms with Gasteiger partial charge in [0.05, 0.1) is 12.1 Å². The van der Waals surface area contributed by atoms with Crippen LogP contribution in [0.4, 0.5) is 4.79 Å². The minimum absolute atomic E-state index is 0.0801. The molecule has 2 amide bonds. The molecule has 0 unspecified atom stereocenters. The maximum Gasteiger partial charge on any atom is 0.315 e. The minimum Gasteiger partial charge on any atom is -0.378 e. The number of hydrogen-bond acceptors (Lipinski definition) is 3. The van der Waals surface area contributed by atoms with Crippen molar-refractivity contribution in [1.29, 1.82) is 0 Å². The second-order valence-electron chi connectivity index (χ2n) is 3.04. The van der Waals surface area contributed by atoms with E-state index in [1.807, 2.05) is 6.92 Å². The molecule has 2 atom stereocenters. The molecule has 0 aromatic rings. The summed E-state index contributed by atoms with van der Waals surface area (Å²) in [5.41, 5.74) is 0. The highest BCUT2D eigenvalue weighted by Crippen LogP contribution is 2.02. The molecular weight excluding hydrogens is 170 g/mol. The molecule has 76 valence electrons. The third-order valence-corrected chi connectivity index (χ3v) is 2.12. The Morgan fingerprint density at radius 3 is 3.00 bits per heavy atom. The van der Waals surface area contributed by atoms with E-state index in [2.05, 4.69) is 16.0 Å². The van der Waals surface area contributed by atoms with E-state index >= 15 is 0 Å². The Bertz CT molecular complexity index is 175. The second kappa shape index (κ2) is 5.04. The molecule has 0 saturated carbocycles. The van der Waals surface area contributed by atoms with Gasteiger partial charge >= 0.3 is 6.03 Å². The first-order valence-corrected chi connectivity index (χ1v) is 4.55. The van der Waals surface area contributed by atoms with Crippen LogP contribution < -0.4 is 16.0 Å². The highest BCUT2D eigenvalue weighted by atomic mass is 16.5. The molecule has 1 rings (SSSR count). The number of methoxy groups -OCH3 is 1. The molecule has 1 saturated heterocycles. The molecule has 5 nitrogen and oxygen atoms in total. The molecule has 13 heavy (non-hydrogen) atoms. The zero-order valence-corrected chi connectivity index (χ0v) is 8.09. The van der Waals surface area contributed by atoms with E-state index in [0.717, 1.165) is 13.1 Å². The number of carbonyl (C=O) groups excluding carboxylic acids is 1. The highest BCUT2D eigenvalue weighted by Gasteiger charge is 2.27. The molecular formula is C8H17N3O2. The number of amides is 2. The summed E-state index contributed by atoms with van der Waals surface area (Å²) in [6.45, 7) is 4.10. The van der Waals surface area contributed by atoms with Crippen LogP contribution in [0.1, 0.15) is 6.92 Å². The monoisotopic (exact) mass is 187 g/mol. The van der Waals surface area contributed by atoms with Crippen molar-refractivity contribution < 1.29 is 9.53 Å². The van der Waals surface area contributed by atoms with Crippen molar-refractivity contribution >= 4 is 6.03 Å². The molecule has 0 spiro atoms. The molecule has 0 aromatic heterocycles.